The van der Waals surface area contributed by atoms with Gasteiger partial charge in [-0.3, -0.25) is 9.59 Å². The van der Waals surface area contributed by atoms with Crippen LogP contribution in [0.4, 0.5) is 0 Å². The van der Waals surface area contributed by atoms with Gasteiger partial charge in [-0.05, 0) is 38.0 Å². The van der Waals surface area contributed by atoms with Crippen molar-refractivity contribution in [2.24, 2.45) is 0 Å². The fourth-order valence-corrected chi connectivity index (χ4v) is 2.45. The molecular formula is C18H26N2O5. The summed E-state index contributed by atoms with van der Waals surface area (Å²) >= 11 is 0. The number of methoxy groups -OCH3 is 1. The lowest BCUT2D eigenvalue weighted by Crippen LogP contribution is -2.34. The molecular weight excluding hydrogens is 324 g/mol. The lowest BCUT2D eigenvalue weighted by atomic mass is 10.1. The van der Waals surface area contributed by atoms with Gasteiger partial charge in [0.15, 0.2) is 6.04 Å². The van der Waals surface area contributed by atoms with E-state index in [0.29, 0.717) is 30.8 Å². The summed E-state index contributed by atoms with van der Waals surface area (Å²) in [6.45, 7) is 5.08. The standard InChI is InChI=1S/C18H26N2O5/c1-4-20(5-2)16(22)8-6-7-15(21)19-17(18(23)24)13-9-11-14(25-3)12-10-13/h9-12,17H,4-8H2,1-3H3,(H,19,21)(H,23,24). The number of nitrogens with one attached hydrogen (secondary N) is 1. The molecule has 0 fully saturated rings. The topological polar surface area (TPSA) is 95.9 Å². The molecule has 0 saturated heterocycles. The summed E-state index contributed by atoms with van der Waals surface area (Å²) in [5, 5.41) is 11.8. The van der Waals surface area contributed by atoms with Crippen molar-refractivity contribution < 1.29 is 24.2 Å². The van der Waals surface area contributed by atoms with Gasteiger partial charge >= 0.3 is 5.97 Å². The van der Waals surface area contributed by atoms with E-state index < -0.39 is 17.9 Å². The minimum Gasteiger partial charge on any atom is -0.497 e. The van der Waals surface area contributed by atoms with Gasteiger partial charge in [-0.2, -0.15) is 0 Å². The van der Waals surface area contributed by atoms with Gasteiger partial charge in [-0.25, -0.2) is 4.79 Å². The smallest absolute Gasteiger partial charge is 0.330 e. The molecule has 25 heavy (non-hydrogen) atoms. The highest BCUT2D eigenvalue weighted by Gasteiger charge is 2.22. The highest BCUT2D eigenvalue weighted by molar-refractivity contribution is 5.85. The molecule has 7 heteroatoms. The predicted octanol–water partition coefficient (Wildman–Crippen LogP) is 1.98. The molecule has 0 saturated carbocycles. The number of carboxylic acid groups (broad SMARTS) is 1. The monoisotopic (exact) mass is 350 g/mol. The maximum absolute atomic E-state index is 12.0. The van der Waals surface area contributed by atoms with Crippen molar-refractivity contribution in [2.75, 3.05) is 20.2 Å². The Labute approximate surface area is 148 Å². The second-order valence-corrected chi connectivity index (χ2v) is 5.53. The van der Waals surface area contributed by atoms with Crippen molar-refractivity contribution in [1.29, 1.82) is 0 Å². The van der Waals surface area contributed by atoms with Crippen LogP contribution in [0.15, 0.2) is 24.3 Å². The van der Waals surface area contributed by atoms with Crippen LogP contribution in [0.3, 0.4) is 0 Å². The minimum atomic E-state index is -1.14. The SMILES string of the molecule is CCN(CC)C(=O)CCCC(=O)NC(C(=O)O)c1ccc(OC)cc1. The van der Waals surface area contributed by atoms with E-state index in [1.807, 2.05) is 13.8 Å². The molecule has 0 aliphatic carbocycles. The van der Waals surface area contributed by atoms with E-state index in [-0.39, 0.29) is 18.7 Å². The van der Waals surface area contributed by atoms with E-state index in [4.69, 9.17) is 4.74 Å². The fraction of sp³-hybridized carbons (Fsp3) is 0.500. The quantitative estimate of drug-likeness (QED) is 0.673. The third-order valence-electron chi connectivity index (χ3n) is 3.91. The van der Waals surface area contributed by atoms with Crippen LogP contribution in [0.5, 0.6) is 5.75 Å². The number of benzene rings is 1. The molecule has 1 unspecified atom stereocenters. The lowest BCUT2D eigenvalue weighted by molar-refractivity contribution is -0.142. The molecule has 138 valence electrons. The van der Waals surface area contributed by atoms with Crippen LogP contribution in [0.25, 0.3) is 0 Å². The number of amides is 2. The maximum Gasteiger partial charge on any atom is 0.330 e. The minimum absolute atomic E-state index is 0.00254. The van der Waals surface area contributed by atoms with E-state index >= 15 is 0 Å². The van der Waals surface area contributed by atoms with Crippen molar-refractivity contribution in [2.45, 2.75) is 39.2 Å². The van der Waals surface area contributed by atoms with Gasteiger partial charge in [-0.1, -0.05) is 12.1 Å². The first-order valence-electron chi connectivity index (χ1n) is 8.36. The number of rotatable bonds is 10. The van der Waals surface area contributed by atoms with Crippen molar-refractivity contribution in [1.82, 2.24) is 10.2 Å². The number of carboxylic acids is 1. The molecule has 0 bridgehead atoms. The van der Waals surface area contributed by atoms with Crippen LogP contribution >= 0.6 is 0 Å². The Balaban J connectivity index is 2.56. The average molecular weight is 350 g/mol. The summed E-state index contributed by atoms with van der Waals surface area (Å²) in [7, 11) is 1.52. The Morgan fingerprint density at radius 1 is 1.12 bits per heavy atom. The summed E-state index contributed by atoms with van der Waals surface area (Å²) in [6, 6.07) is 5.35. The summed E-state index contributed by atoms with van der Waals surface area (Å²) in [6.07, 6.45) is 0.762. The van der Waals surface area contributed by atoms with Gasteiger partial charge in [0.1, 0.15) is 5.75 Å². The molecule has 0 aromatic heterocycles. The van der Waals surface area contributed by atoms with Gasteiger partial charge < -0.3 is 20.1 Å². The second kappa shape index (κ2) is 10.3. The third-order valence-corrected chi connectivity index (χ3v) is 3.91. The highest BCUT2D eigenvalue weighted by atomic mass is 16.5. The number of carbonyl (C=O) groups excluding carboxylic acids is 2. The Hall–Kier alpha value is -2.57. The Morgan fingerprint density at radius 2 is 1.72 bits per heavy atom. The molecule has 7 nitrogen and oxygen atoms in total. The summed E-state index contributed by atoms with van der Waals surface area (Å²) < 4.78 is 5.03. The van der Waals surface area contributed by atoms with Crippen LogP contribution in [-0.4, -0.2) is 48.0 Å². The molecule has 0 aliphatic heterocycles. The fourth-order valence-electron chi connectivity index (χ4n) is 2.45. The number of hydrogen-bond acceptors (Lipinski definition) is 4. The second-order valence-electron chi connectivity index (χ2n) is 5.53. The number of hydrogen-bond donors (Lipinski definition) is 2. The van der Waals surface area contributed by atoms with Gasteiger partial charge in [0.2, 0.25) is 11.8 Å². The number of carbonyl (C=O) groups is 3. The van der Waals surface area contributed by atoms with E-state index in [0.717, 1.165) is 0 Å². The average Bonchev–Trinajstić information content (AvgIpc) is 2.60. The number of nitrogens with zero attached hydrogens (tertiary/aromatic N) is 1. The molecule has 1 aromatic rings. The van der Waals surface area contributed by atoms with Crippen molar-refractivity contribution in [3.05, 3.63) is 29.8 Å². The zero-order chi connectivity index (χ0) is 18.8. The van der Waals surface area contributed by atoms with Gasteiger partial charge in [0.25, 0.3) is 0 Å². The first kappa shape index (κ1) is 20.5. The number of aliphatic carboxylic acids is 1. The first-order valence-corrected chi connectivity index (χ1v) is 8.36. The molecule has 2 N–H and O–H groups in total. The molecule has 1 atom stereocenters. The zero-order valence-corrected chi connectivity index (χ0v) is 14.9. The van der Waals surface area contributed by atoms with Gasteiger partial charge in [0, 0.05) is 25.9 Å². The molecule has 0 radical (unpaired) electrons. The maximum atomic E-state index is 12.0. The Kier molecular flexibility index (Phi) is 8.46. The molecule has 1 rings (SSSR count). The molecule has 0 spiro atoms. The van der Waals surface area contributed by atoms with Crippen LogP contribution in [0, 0.1) is 0 Å². The zero-order valence-electron chi connectivity index (χ0n) is 14.9. The molecule has 0 heterocycles. The summed E-state index contributed by atoms with van der Waals surface area (Å²) in [5.74, 6) is -0.926. The van der Waals surface area contributed by atoms with Crippen molar-refractivity contribution in [3.8, 4) is 5.75 Å². The Bertz CT molecular complexity index is 582. The van der Waals surface area contributed by atoms with Crippen LogP contribution < -0.4 is 10.1 Å². The summed E-state index contributed by atoms with van der Waals surface area (Å²) in [5.41, 5.74) is 0.459. The van der Waals surface area contributed by atoms with Crippen LogP contribution in [-0.2, 0) is 14.4 Å². The molecule has 0 aliphatic rings. The third kappa shape index (κ3) is 6.45. The van der Waals surface area contributed by atoms with Crippen molar-refractivity contribution >= 4 is 17.8 Å². The summed E-state index contributed by atoms with van der Waals surface area (Å²) in [4.78, 5) is 37.0. The van der Waals surface area contributed by atoms with E-state index in [9.17, 15) is 19.5 Å². The van der Waals surface area contributed by atoms with E-state index in [2.05, 4.69) is 5.32 Å². The first-order chi connectivity index (χ1) is 11.9. The van der Waals surface area contributed by atoms with Crippen LogP contribution in [0.1, 0.15) is 44.7 Å². The van der Waals surface area contributed by atoms with E-state index in [1.165, 1.54) is 7.11 Å². The van der Waals surface area contributed by atoms with Crippen LogP contribution in [0.2, 0.25) is 0 Å². The normalized spacial score (nSPS) is 11.5. The predicted molar refractivity (Wildman–Crippen MR) is 93.3 cm³/mol. The Morgan fingerprint density at radius 3 is 2.20 bits per heavy atom. The molecule has 1 aromatic carbocycles. The van der Waals surface area contributed by atoms with E-state index in [1.54, 1.807) is 29.2 Å². The van der Waals surface area contributed by atoms with Crippen molar-refractivity contribution in [3.63, 3.8) is 0 Å². The molecule has 2 amide bonds. The highest BCUT2D eigenvalue weighted by Crippen LogP contribution is 2.18. The largest absolute Gasteiger partial charge is 0.497 e. The lowest BCUT2D eigenvalue weighted by Gasteiger charge is -2.18. The number of ether oxygens (including phenoxy) is 1. The van der Waals surface area contributed by atoms with Gasteiger partial charge in [-0.15, -0.1) is 0 Å². The van der Waals surface area contributed by atoms with Gasteiger partial charge in [0.05, 0.1) is 7.11 Å².